The van der Waals surface area contributed by atoms with Gasteiger partial charge >= 0.3 is 0 Å². The topological polar surface area (TPSA) is 63.2 Å². The van der Waals surface area contributed by atoms with E-state index >= 15 is 0 Å². The third kappa shape index (κ3) is 5.42. The summed E-state index contributed by atoms with van der Waals surface area (Å²) >= 11 is 0. The number of carbonyl (C=O) groups excluding carboxylic acids is 2. The Labute approximate surface area is 180 Å². The van der Waals surface area contributed by atoms with Crippen LogP contribution in [0.25, 0.3) is 10.8 Å². The monoisotopic (exact) mass is 421 g/mol. The first-order valence-corrected chi connectivity index (χ1v) is 11.9. The first-order chi connectivity index (χ1) is 14.5. The van der Waals surface area contributed by atoms with E-state index in [4.69, 9.17) is 0 Å². The summed E-state index contributed by atoms with van der Waals surface area (Å²) in [5.74, 6) is 0.0248. The molecule has 0 bridgehead atoms. The van der Waals surface area contributed by atoms with E-state index in [0.29, 0.717) is 18.6 Å². The largest absolute Gasteiger partial charge is 0.325 e. The van der Waals surface area contributed by atoms with Gasteiger partial charge in [-0.2, -0.15) is 0 Å². The van der Waals surface area contributed by atoms with Crippen LogP contribution in [0.4, 0.5) is 5.69 Å². The van der Waals surface area contributed by atoms with Gasteiger partial charge in [0.05, 0.1) is 5.92 Å². The van der Waals surface area contributed by atoms with Crippen molar-refractivity contribution < 1.29 is 13.8 Å². The lowest BCUT2D eigenvalue weighted by atomic mass is 9.94. The molecule has 0 saturated heterocycles. The van der Waals surface area contributed by atoms with E-state index in [0.717, 1.165) is 45.9 Å². The molecule has 156 valence electrons. The van der Waals surface area contributed by atoms with Crippen molar-refractivity contribution in [3.8, 4) is 0 Å². The van der Waals surface area contributed by atoms with Crippen molar-refractivity contribution >= 4 is 39.5 Å². The van der Waals surface area contributed by atoms with Crippen LogP contribution in [0.2, 0.25) is 0 Å². The highest BCUT2D eigenvalue weighted by Gasteiger charge is 2.19. The zero-order chi connectivity index (χ0) is 21.5. The van der Waals surface area contributed by atoms with Crippen LogP contribution in [0.5, 0.6) is 0 Å². The number of amides is 1. The predicted molar refractivity (Wildman–Crippen MR) is 124 cm³/mol. The molecule has 5 heteroatoms. The first-order valence-electron chi connectivity index (χ1n) is 10.1. The minimum Gasteiger partial charge on any atom is -0.325 e. The smallest absolute Gasteiger partial charge is 0.231 e. The highest BCUT2D eigenvalue weighted by Crippen LogP contribution is 2.28. The number of anilines is 1. The van der Waals surface area contributed by atoms with E-state index in [1.54, 1.807) is 6.26 Å². The van der Waals surface area contributed by atoms with Crippen molar-refractivity contribution in [2.75, 3.05) is 11.6 Å². The average Bonchev–Trinajstić information content (AvgIpc) is 2.74. The maximum atomic E-state index is 13.1. The molecular weight excluding hydrogens is 394 g/mol. The van der Waals surface area contributed by atoms with Crippen LogP contribution in [-0.2, 0) is 32.6 Å². The molecule has 3 aromatic rings. The average molecular weight is 422 g/mol. The molecular formula is C25H27NO3S. The Morgan fingerprint density at radius 2 is 1.87 bits per heavy atom. The molecule has 1 amide bonds. The van der Waals surface area contributed by atoms with Crippen molar-refractivity contribution in [2.45, 2.75) is 37.9 Å². The molecule has 0 aliphatic heterocycles. The van der Waals surface area contributed by atoms with E-state index in [1.807, 2.05) is 67.6 Å². The number of hydrogen-bond donors (Lipinski definition) is 1. The predicted octanol–water partition coefficient (Wildman–Crippen LogP) is 4.98. The molecule has 0 aromatic heterocycles. The van der Waals surface area contributed by atoms with Crippen LogP contribution >= 0.6 is 0 Å². The highest BCUT2D eigenvalue weighted by molar-refractivity contribution is 7.83. The van der Waals surface area contributed by atoms with Gasteiger partial charge in [0, 0.05) is 34.9 Å². The minimum atomic E-state index is -0.964. The number of fused-ring (bicyclic) bond motifs is 1. The summed E-state index contributed by atoms with van der Waals surface area (Å²) in [6.45, 7) is 1.91. The second kappa shape index (κ2) is 10.3. The molecule has 3 aromatic carbocycles. The fraction of sp³-hybridized carbons (Fsp3) is 0.280. The SMILES string of the molecule is CC(C(=O)Nc1cc(CS(C)=O)ccc1CCCC=O)c1cccc2ccccc12. The lowest BCUT2D eigenvalue weighted by molar-refractivity contribution is -0.117. The van der Waals surface area contributed by atoms with E-state index in [-0.39, 0.29) is 11.8 Å². The number of unbranched alkanes of at least 4 members (excludes halogenated alkanes) is 1. The summed E-state index contributed by atoms with van der Waals surface area (Å²) in [7, 11) is -0.964. The van der Waals surface area contributed by atoms with Gasteiger partial charge in [0.2, 0.25) is 5.91 Å². The van der Waals surface area contributed by atoms with Gasteiger partial charge in [0.1, 0.15) is 6.29 Å². The zero-order valence-corrected chi connectivity index (χ0v) is 18.2. The quantitative estimate of drug-likeness (QED) is 0.391. The fourth-order valence-electron chi connectivity index (χ4n) is 3.67. The number of rotatable bonds is 9. The standard InChI is InChI=1S/C25H27NO3S/c1-18(22-12-7-10-20-8-3-4-11-23(20)22)25(28)26-24-16-19(17-30(2)29)13-14-21(24)9-5-6-15-27/h3-4,7-8,10-16,18H,5-6,9,17H2,1-2H3,(H,26,28). The van der Waals surface area contributed by atoms with Crippen LogP contribution in [0.1, 0.15) is 42.4 Å². The molecule has 4 nitrogen and oxygen atoms in total. The molecule has 0 fully saturated rings. The van der Waals surface area contributed by atoms with Crippen molar-refractivity contribution in [2.24, 2.45) is 0 Å². The summed E-state index contributed by atoms with van der Waals surface area (Å²) in [6.07, 6.45) is 4.49. The Morgan fingerprint density at radius 1 is 1.10 bits per heavy atom. The molecule has 3 rings (SSSR count). The van der Waals surface area contributed by atoms with Gasteiger partial charge in [-0.25, -0.2) is 0 Å². The molecule has 30 heavy (non-hydrogen) atoms. The van der Waals surface area contributed by atoms with Crippen LogP contribution in [0.15, 0.2) is 60.7 Å². The van der Waals surface area contributed by atoms with E-state index in [9.17, 15) is 13.8 Å². The third-order valence-corrected chi connectivity index (χ3v) is 5.99. The second-order valence-electron chi connectivity index (χ2n) is 7.55. The Hall–Kier alpha value is -2.79. The maximum Gasteiger partial charge on any atom is 0.231 e. The van der Waals surface area contributed by atoms with Crippen molar-refractivity contribution in [1.82, 2.24) is 0 Å². The molecule has 0 saturated carbocycles. The molecule has 2 atom stereocenters. The molecule has 2 unspecified atom stereocenters. The molecule has 0 aliphatic carbocycles. The van der Waals surface area contributed by atoms with Gasteiger partial charge in [-0.3, -0.25) is 9.00 Å². The Morgan fingerprint density at radius 3 is 2.63 bits per heavy atom. The third-order valence-electron chi connectivity index (χ3n) is 5.25. The van der Waals surface area contributed by atoms with Crippen molar-refractivity contribution in [1.29, 1.82) is 0 Å². The van der Waals surface area contributed by atoms with Gasteiger partial charge in [0.25, 0.3) is 0 Å². The van der Waals surface area contributed by atoms with Gasteiger partial charge in [-0.15, -0.1) is 0 Å². The fourth-order valence-corrected chi connectivity index (χ4v) is 4.32. The van der Waals surface area contributed by atoms with E-state index in [1.165, 1.54) is 0 Å². The Balaban J connectivity index is 1.87. The van der Waals surface area contributed by atoms with Crippen LogP contribution in [0.3, 0.4) is 0 Å². The molecule has 0 aliphatic rings. The van der Waals surface area contributed by atoms with E-state index < -0.39 is 10.8 Å². The number of carbonyl (C=O) groups is 2. The van der Waals surface area contributed by atoms with Gasteiger partial charge in [-0.05, 0) is 53.3 Å². The summed E-state index contributed by atoms with van der Waals surface area (Å²) < 4.78 is 11.6. The van der Waals surface area contributed by atoms with Gasteiger partial charge < -0.3 is 10.1 Å². The minimum absolute atomic E-state index is 0.0854. The molecule has 1 N–H and O–H groups in total. The van der Waals surface area contributed by atoms with Crippen molar-refractivity contribution in [3.63, 3.8) is 0 Å². The lowest BCUT2D eigenvalue weighted by Gasteiger charge is -2.18. The maximum absolute atomic E-state index is 13.1. The summed E-state index contributed by atoms with van der Waals surface area (Å²) in [5, 5.41) is 5.27. The van der Waals surface area contributed by atoms with Crippen LogP contribution < -0.4 is 5.32 Å². The zero-order valence-electron chi connectivity index (χ0n) is 17.4. The van der Waals surface area contributed by atoms with Crippen molar-refractivity contribution in [3.05, 3.63) is 77.4 Å². The number of aryl methyl sites for hydroxylation is 1. The Kier molecular flexibility index (Phi) is 7.52. The summed E-state index contributed by atoms with van der Waals surface area (Å²) in [4.78, 5) is 23.8. The van der Waals surface area contributed by atoms with Crippen LogP contribution in [0, 0.1) is 0 Å². The molecule has 0 spiro atoms. The normalized spacial score (nSPS) is 13.0. The lowest BCUT2D eigenvalue weighted by Crippen LogP contribution is -2.20. The number of nitrogens with one attached hydrogen (secondary N) is 1. The van der Waals surface area contributed by atoms with Gasteiger partial charge in [-0.1, -0.05) is 54.6 Å². The molecule has 0 radical (unpaired) electrons. The Bertz CT molecular complexity index is 1070. The van der Waals surface area contributed by atoms with Crippen LogP contribution in [-0.4, -0.2) is 22.7 Å². The molecule has 0 heterocycles. The highest BCUT2D eigenvalue weighted by atomic mass is 32.2. The first kappa shape index (κ1) is 21.9. The van der Waals surface area contributed by atoms with Gasteiger partial charge in [0.15, 0.2) is 0 Å². The second-order valence-corrected chi connectivity index (χ2v) is 8.98. The van der Waals surface area contributed by atoms with E-state index in [2.05, 4.69) is 5.32 Å². The summed E-state index contributed by atoms with van der Waals surface area (Å²) in [6, 6.07) is 19.9. The number of hydrogen-bond acceptors (Lipinski definition) is 3. The number of aldehydes is 1. The number of benzene rings is 3. The summed E-state index contributed by atoms with van der Waals surface area (Å²) in [5.41, 5.74) is 3.63.